The minimum atomic E-state index is -0.422. The van der Waals surface area contributed by atoms with Crippen molar-refractivity contribution in [3.05, 3.63) is 29.3 Å². The zero-order valence-electron chi connectivity index (χ0n) is 9.60. The van der Waals surface area contributed by atoms with Crippen molar-refractivity contribution in [1.29, 1.82) is 0 Å². The lowest BCUT2D eigenvalue weighted by molar-refractivity contribution is -0.139. The first-order chi connectivity index (χ1) is 8.15. The molecule has 2 N–H and O–H groups in total. The van der Waals surface area contributed by atoms with Gasteiger partial charge in [0.25, 0.3) is 0 Å². The van der Waals surface area contributed by atoms with Crippen LogP contribution < -0.4 is 10.6 Å². The molecule has 1 heterocycles. The molecule has 5 nitrogen and oxygen atoms in total. The molecule has 1 aromatic rings. The fraction of sp³-hybridized carbons (Fsp3) is 0.333. The number of nitrogens with two attached hydrogens (primary N) is 1. The van der Waals surface area contributed by atoms with Crippen molar-refractivity contribution in [3.8, 4) is 0 Å². The number of rotatable bonds is 3. The van der Waals surface area contributed by atoms with Gasteiger partial charge in [-0.05, 0) is 17.2 Å². The van der Waals surface area contributed by atoms with Crippen LogP contribution in [0.4, 0.5) is 5.69 Å². The average molecular weight is 234 g/mol. The number of carbonyl (C=O) groups is 2. The van der Waals surface area contributed by atoms with E-state index in [9.17, 15) is 9.59 Å². The molecule has 5 heteroatoms. The summed E-state index contributed by atoms with van der Waals surface area (Å²) in [6.07, 6.45) is 0.320. The Morgan fingerprint density at radius 3 is 2.94 bits per heavy atom. The topological polar surface area (TPSA) is 72.6 Å². The number of amides is 1. The zero-order valence-corrected chi connectivity index (χ0v) is 9.60. The van der Waals surface area contributed by atoms with E-state index in [4.69, 9.17) is 5.73 Å². The molecule has 90 valence electrons. The normalized spacial score (nSPS) is 13.8. The number of esters is 1. The van der Waals surface area contributed by atoms with Gasteiger partial charge in [-0.2, -0.15) is 0 Å². The lowest BCUT2D eigenvalue weighted by Gasteiger charge is -2.15. The van der Waals surface area contributed by atoms with Gasteiger partial charge in [-0.25, -0.2) is 0 Å². The van der Waals surface area contributed by atoms with E-state index in [1.54, 1.807) is 0 Å². The van der Waals surface area contributed by atoms with Crippen LogP contribution in [0.5, 0.6) is 0 Å². The third kappa shape index (κ3) is 2.14. The molecule has 0 spiro atoms. The predicted octanol–water partition coefficient (Wildman–Crippen LogP) is 0.207. The first-order valence-corrected chi connectivity index (χ1v) is 5.34. The van der Waals surface area contributed by atoms with Crippen LogP contribution in [-0.4, -0.2) is 25.5 Å². The molecule has 0 aliphatic carbocycles. The van der Waals surface area contributed by atoms with Crippen molar-refractivity contribution in [3.63, 3.8) is 0 Å². The van der Waals surface area contributed by atoms with Crippen molar-refractivity contribution in [1.82, 2.24) is 0 Å². The molecule has 0 bridgehead atoms. The summed E-state index contributed by atoms with van der Waals surface area (Å²) < 4.78 is 4.57. The molecule has 0 saturated heterocycles. The van der Waals surface area contributed by atoms with E-state index in [1.807, 2.05) is 18.2 Å². The van der Waals surface area contributed by atoms with Gasteiger partial charge >= 0.3 is 5.97 Å². The van der Waals surface area contributed by atoms with Gasteiger partial charge in [0.1, 0.15) is 6.54 Å². The smallest absolute Gasteiger partial charge is 0.325 e. The summed E-state index contributed by atoms with van der Waals surface area (Å²) in [6, 6.07) is 5.59. The number of anilines is 1. The molecule has 1 aliphatic rings. The molecule has 0 radical (unpaired) electrons. The van der Waals surface area contributed by atoms with Gasteiger partial charge in [-0.1, -0.05) is 12.1 Å². The number of nitrogens with zero attached hydrogens (tertiary/aromatic N) is 1. The van der Waals surface area contributed by atoms with Gasteiger partial charge in [-0.3, -0.25) is 9.59 Å². The van der Waals surface area contributed by atoms with Crippen LogP contribution in [0.25, 0.3) is 0 Å². The standard InChI is InChI=1S/C12H14N2O3/c1-17-12(16)7-14-10-3-2-8(6-13)4-9(10)5-11(14)15/h2-4H,5-7,13H2,1H3. The van der Waals surface area contributed by atoms with E-state index in [0.717, 1.165) is 16.8 Å². The summed E-state index contributed by atoms with van der Waals surface area (Å²) >= 11 is 0. The van der Waals surface area contributed by atoms with Gasteiger partial charge < -0.3 is 15.4 Å². The van der Waals surface area contributed by atoms with Crippen LogP contribution in [0.2, 0.25) is 0 Å². The van der Waals surface area contributed by atoms with Crippen molar-refractivity contribution in [2.45, 2.75) is 13.0 Å². The maximum absolute atomic E-state index is 11.8. The first kappa shape index (κ1) is 11.6. The van der Waals surface area contributed by atoms with Crippen molar-refractivity contribution < 1.29 is 14.3 Å². The molecular weight excluding hydrogens is 220 g/mol. The minimum absolute atomic E-state index is 0.0374. The Morgan fingerprint density at radius 1 is 1.53 bits per heavy atom. The molecular formula is C12H14N2O3. The van der Waals surface area contributed by atoms with Crippen LogP contribution in [0, 0.1) is 0 Å². The molecule has 1 aliphatic heterocycles. The van der Waals surface area contributed by atoms with E-state index in [1.165, 1.54) is 12.0 Å². The van der Waals surface area contributed by atoms with Gasteiger partial charge in [0, 0.05) is 12.2 Å². The van der Waals surface area contributed by atoms with Crippen molar-refractivity contribution in [2.24, 2.45) is 5.73 Å². The van der Waals surface area contributed by atoms with Crippen LogP contribution in [-0.2, 0) is 27.3 Å². The summed E-state index contributed by atoms with van der Waals surface area (Å²) in [5.41, 5.74) is 8.22. The van der Waals surface area contributed by atoms with Gasteiger partial charge in [-0.15, -0.1) is 0 Å². The van der Waals surface area contributed by atoms with E-state index in [2.05, 4.69) is 4.74 Å². The van der Waals surface area contributed by atoms with Crippen LogP contribution in [0.3, 0.4) is 0 Å². The number of methoxy groups -OCH3 is 1. The highest BCUT2D eigenvalue weighted by Gasteiger charge is 2.28. The maximum atomic E-state index is 11.8. The Morgan fingerprint density at radius 2 is 2.29 bits per heavy atom. The molecule has 17 heavy (non-hydrogen) atoms. The van der Waals surface area contributed by atoms with Crippen LogP contribution >= 0.6 is 0 Å². The second-order valence-corrected chi connectivity index (χ2v) is 3.90. The highest BCUT2D eigenvalue weighted by Crippen LogP contribution is 2.29. The van der Waals surface area contributed by atoms with E-state index >= 15 is 0 Å². The van der Waals surface area contributed by atoms with E-state index < -0.39 is 5.97 Å². The number of benzene rings is 1. The Hall–Kier alpha value is -1.88. The summed E-state index contributed by atoms with van der Waals surface area (Å²) in [6.45, 7) is 0.406. The predicted molar refractivity (Wildman–Crippen MR) is 62.4 cm³/mol. The van der Waals surface area contributed by atoms with Gasteiger partial charge in [0.05, 0.1) is 13.5 Å². The quantitative estimate of drug-likeness (QED) is 0.759. The van der Waals surface area contributed by atoms with Crippen LogP contribution in [0.1, 0.15) is 11.1 Å². The molecule has 1 aromatic carbocycles. The lowest BCUT2D eigenvalue weighted by Crippen LogP contribution is -2.33. The molecule has 2 rings (SSSR count). The fourth-order valence-electron chi connectivity index (χ4n) is 1.93. The number of carbonyl (C=O) groups excluding carboxylic acids is 2. The zero-order chi connectivity index (χ0) is 12.4. The Bertz CT molecular complexity index is 471. The second-order valence-electron chi connectivity index (χ2n) is 3.90. The van der Waals surface area contributed by atoms with Gasteiger partial charge in [0.15, 0.2) is 0 Å². The van der Waals surface area contributed by atoms with Crippen molar-refractivity contribution >= 4 is 17.6 Å². The number of fused-ring (bicyclic) bond motifs is 1. The number of hydrogen-bond donors (Lipinski definition) is 1. The highest BCUT2D eigenvalue weighted by molar-refractivity contribution is 6.04. The molecule has 0 fully saturated rings. The number of ether oxygens (including phenoxy) is 1. The Labute approximate surface area is 99.2 Å². The third-order valence-electron chi connectivity index (χ3n) is 2.83. The molecule has 1 amide bonds. The second kappa shape index (κ2) is 4.55. The van der Waals surface area contributed by atoms with Gasteiger partial charge in [0.2, 0.25) is 5.91 Å². The monoisotopic (exact) mass is 234 g/mol. The fourth-order valence-corrected chi connectivity index (χ4v) is 1.93. The summed E-state index contributed by atoms with van der Waals surface area (Å²) in [5.74, 6) is -0.506. The SMILES string of the molecule is COC(=O)CN1C(=O)Cc2cc(CN)ccc21. The largest absolute Gasteiger partial charge is 0.468 e. The molecule has 0 aromatic heterocycles. The molecule has 0 unspecified atom stereocenters. The summed E-state index contributed by atoms with van der Waals surface area (Å²) in [5, 5.41) is 0. The highest BCUT2D eigenvalue weighted by atomic mass is 16.5. The Balaban J connectivity index is 2.28. The minimum Gasteiger partial charge on any atom is -0.468 e. The van der Waals surface area contributed by atoms with E-state index in [0.29, 0.717) is 13.0 Å². The average Bonchev–Trinajstić information content (AvgIpc) is 2.64. The first-order valence-electron chi connectivity index (χ1n) is 5.34. The Kier molecular flexibility index (Phi) is 3.10. The third-order valence-corrected chi connectivity index (χ3v) is 2.83. The van der Waals surface area contributed by atoms with E-state index in [-0.39, 0.29) is 12.5 Å². The number of hydrogen-bond acceptors (Lipinski definition) is 4. The lowest BCUT2D eigenvalue weighted by atomic mass is 10.1. The molecule has 0 atom stereocenters. The molecule has 0 saturated carbocycles. The summed E-state index contributed by atoms with van der Waals surface area (Å²) in [4.78, 5) is 24.4. The summed E-state index contributed by atoms with van der Waals surface area (Å²) in [7, 11) is 1.31. The van der Waals surface area contributed by atoms with Crippen molar-refractivity contribution in [2.75, 3.05) is 18.6 Å². The maximum Gasteiger partial charge on any atom is 0.325 e. The van der Waals surface area contributed by atoms with Crippen LogP contribution in [0.15, 0.2) is 18.2 Å².